The van der Waals surface area contributed by atoms with E-state index in [0.29, 0.717) is 5.92 Å². The first-order valence-electron chi connectivity index (χ1n) is 7.17. The molecule has 0 aromatic heterocycles. The van der Waals surface area contributed by atoms with Crippen LogP contribution in [0.4, 0.5) is 11.4 Å². The summed E-state index contributed by atoms with van der Waals surface area (Å²) in [5, 5.41) is 19.9. The second-order valence-electron chi connectivity index (χ2n) is 5.75. The predicted molar refractivity (Wildman–Crippen MR) is 81.3 cm³/mol. The van der Waals surface area contributed by atoms with Crippen LogP contribution < -0.4 is 4.90 Å². The van der Waals surface area contributed by atoms with E-state index < -0.39 is 4.92 Å². The summed E-state index contributed by atoms with van der Waals surface area (Å²) < 4.78 is 0. The summed E-state index contributed by atoms with van der Waals surface area (Å²) in [7, 11) is 0. The van der Waals surface area contributed by atoms with Crippen molar-refractivity contribution in [2.45, 2.75) is 13.8 Å². The van der Waals surface area contributed by atoms with Gasteiger partial charge in [-0.1, -0.05) is 13.8 Å². The van der Waals surface area contributed by atoms with E-state index in [0.717, 1.165) is 38.4 Å². The maximum absolute atomic E-state index is 11.0. The molecule has 0 saturated carbocycles. The lowest BCUT2D eigenvalue weighted by Gasteiger charge is -2.36. The van der Waals surface area contributed by atoms with Crippen LogP contribution in [0.3, 0.4) is 0 Å². The molecule has 1 aliphatic heterocycles. The molecule has 0 spiro atoms. The maximum Gasteiger partial charge on any atom is 0.289 e. The van der Waals surface area contributed by atoms with Gasteiger partial charge in [0, 0.05) is 44.5 Å². The van der Waals surface area contributed by atoms with E-state index in [1.807, 2.05) is 6.07 Å². The van der Waals surface area contributed by atoms with Gasteiger partial charge in [0.15, 0.2) is 0 Å². The molecule has 0 aliphatic carbocycles. The monoisotopic (exact) mass is 288 g/mol. The third kappa shape index (κ3) is 3.70. The number of nitriles is 1. The lowest BCUT2D eigenvalue weighted by atomic mass is 10.1. The number of hydrogen-bond donors (Lipinski definition) is 0. The first-order valence-corrected chi connectivity index (χ1v) is 7.17. The molecule has 112 valence electrons. The van der Waals surface area contributed by atoms with Crippen LogP contribution in [0, 0.1) is 27.4 Å². The molecule has 0 amide bonds. The number of nitro benzene ring substituents is 1. The molecule has 0 radical (unpaired) electrons. The van der Waals surface area contributed by atoms with Crippen molar-refractivity contribution in [1.29, 1.82) is 5.26 Å². The van der Waals surface area contributed by atoms with Gasteiger partial charge in [-0.05, 0) is 18.1 Å². The van der Waals surface area contributed by atoms with Gasteiger partial charge < -0.3 is 4.90 Å². The van der Waals surface area contributed by atoms with Crippen molar-refractivity contribution in [1.82, 2.24) is 4.90 Å². The van der Waals surface area contributed by atoms with Gasteiger partial charge in [0.05, 0.1) is 4.92 Å². The molecule has 1 aromatic carbocycles. The van der Waals surface area contributed by atoms with Crippen LogP contribution in [0.25, 0.3) is 0 Å². The maximum atomic E-state index is 11.0. The van der Waals surface area contributed by atoms with E-state index in [9.17, 15) is 10.1 Å². The highest BCUT2D eigenvalue weighted by Crippen LogP contribution is 2.26. The second kappa shape index (κ2) is 6.55. The molecule has 0 atom stereocenters. The highest BCUT2D eigenvalue weighted by Gasteiger charge is 2.21. The second-order valence-corrected chi connectivity index (χ2v) is 5.75. The van der Waals surface area contributed by atoms with Gasteiger partial charge in [-0.25, -0.2) is 0 Å². The van der Waals surface area contributed by atoms with Crippen LogP contribution in [0.1, 0.15) is 19.4 Å². The van der Waals surface area contributed by atoms with Crippen molar-refractivity contribution in [2.24, 2.45) is 5.92 Å². The number of anilines is 1. The molecular formula is C15H20N4O2. The van der Waals surface area contributed by atoms with Crippen LogP contribution in [-0.4, -0.2) is 42.5 Å². The van der Waals surface area contributed by atoms with E-state index >= 15 is 0 Å². The first kappa shape index (κ1) is 15.3. The van der Waals surface area contributed by atoms with Crippen LogP contribution in [0.5, 0.6) is 0 Å². The smallest absolute Gasteiger partial charge is 0.289 e. The zero-order chi connectivity index (χ0) is 15.4. The minimum atomic E-state index is -0.489. The first-order chi connectivity index (χ1) is 10.0. The van der Waals surface area contributed by atoms with Crippen LogP contribution in [0.2, 0.25) is 0 Å². The topological polar surface area (TPSA) is 73.4 Å². The van der Waals surface area contributed by atoms with Gasteiger partial charge in [-0.3, -0.25) is 15.0 Å². The summed E-state index contributed by atoms with van der Waals surface area (Å²) in [5.41, 5.74) is 0.826. The molecule has 21 heavy (non-hydrogen) atoms. The van der Waals surface area contributed by atoms with Crippen molar-refractivity contribution in [2.75, 3.05) is 37.6 Å². The summed E-state index contributed by atoms with van der Waals surface area (Å²) in [6.45, 7) is 9.14. The predicted octanol–water partition coefficient (Wildman–Crippen LogP) is 2.24. The molecule has 2 rings (SSSR count). The highest BCUT2D eigenvalue weighted by molar-refractivity contribution is 5.60. The molecule has 6 heteroatoms. The average Bonchev–Trinajstić information content (AvgIpc) is 2.46. The Labute approximate surface area is 124 Å². The van der Waals surface area contributed by atoms with Crippen LogP contribution >= 0.6 is 0 Å². The largest absolute Gasteiger partial charge is 0.369 e. The van der Waals surface area contributed by atoms with Gasteiger partial charge >= 0.3 is 0 Å². The Kier molecular flexibility index (Phi) is 4.76. The Morgan fingerprint density at radius 2 is 2.00 bits per heavy atom. The molecule has 1 saturated heterocycles. The quantitative estimate of drug-likeness (QED) is 0.627. The SMILES string of the molecule is CC(C)CN1CCN(c2ccc(C#N)c([N+](=O)[O-])c2)CC1. The van der Waals surface area contributed by atoms with Gasteiger partial charge in [-0.2, -0.15) is 5.26 Å². The van der Waals surface area contributed by atoms with Crippen molar-refractivity contribution in [3.05, 3.63) is 33.9 Å². The van der Waals surface area contributed by atoms with E-state index in [1.54, 1.807) is 6.07 Å². The fraction of sp³-hybridized carbons (Fsp3) is 0.533. The summed E-state index contributed by atoms with van der Waals surface area (Å²) in [6, 6.07) is 6.71. The summed E-state index contributed by atoms with van der Waals surface area (Å²) >= 11 is 0. The molecule has 0 N–H and O–H groups in total. The number of nitro groups is 1. The lowest BCUT2D eigenvalue weighted by molar-refractivity contribution is -0.385. The summed E-state index contributed by atoms with van der Waals surface area (Å²) in [5.74, 6) is 0.646. The molecule has 0 unspecified atom stereocenters. The van der Waals surface area contributed by atoms with E-state index in [1.165, 1.54) is 12.1 Å². The minimum absolute atomic E-state index is 0.111. The number of piperazine rings is 1. The Morgan fingerprint density at radius 3 is 2.52 bits per heavy atom. The third-order valence-electron chi connectivity index (χ3n) is 3.66. The standard InChI is InChI=1S/C15H20N4O2/c1-12(2)11-17-5-7-18(8-6-17)14-4-3-13(10-16)15(9-14)19(20)21/h3-4,9,12H,5-8,11H2,1-2H3. The van der Waals surface area contributed by atoms with Gasteiger partial charge in [0.25, 0.3) is 5.69 Å². The van der Waals surface area contributed by atoms with Gasteiger partial charge in [-0.15, -0.1) is 0 Å². The zero-order valence-electron chi connectivity index (χ0n) is 12.5. The van der Waals surface area contributed by atoms with Gasteiger partial charge in [0.1, 0.15) is 11.6 Å². The summed E-state index contributed by atoms with van der Waals surface area (Å²) in [4.78, 5) is 15.1. The normalized spacial score (nSPS) is 16.0. The van der Waals surface area contributed by atoms with E-state index in [4.69, 9.17) is 5.26 Å². The van der Waals surface area contributed by atoms with Crippen molar-refractivity contribution >= 4 is 11.4 Å². The Bertz CT molecular complexity index is 557. The molecule has 1 fully saturated rings. The molecule has 1 heterocycles. The molecular weight excluding hydrogens is 268 g/mol. The fourth-order valence-electron chi connectivity index (χ4n) is 2.67. The van der Waals surface area contributed by atoms with Crippen LogP contribution in [0.15, 0.2) is 18.2 Å². The Morgan fingerprint density at radius 1 is 1.33 bits per heavy atom. The Balaban J connectivity index is 2.09. The number of nitrogens with zero attached hydrogens (tertiary/aromatic N) is 4. The molecule has 1 aliphatic rings. The zero-order valence-corrected chi connectivity index (χ0v) is 12.5. The minimum Gasteiger partial charge on any atom is -0.369 e. The Hall–Kier alpha value is -2.13. The fourth-order valence-corrected chi connectivity index (χ4v) is 2.67. The van der Waals surface area contributed by atoms with Gasteiger partial charge in [0.2, 0.25) is 0 Å². The molecule has 0 bridgehead atoms. The molecule has 1 aromatic rings. The average molecular weight is 288 g/mol. The third-order valence-corrected chi connectivity index (χ3v) is 3.66. The number of benzene rings is 1. The molecule has 6 nitrogen and oxygen atoms in total. The number of rotatable bonds is 4. The highest BCUT2D eigenvalue weighted by atomic mass is 16.6. The van der Waals surface area contributed by atoms with Crippen molar-refractivity contribution in [3.8, 4) is 6.07 Å². The van der Waals surface area contributed by atoms with Crippen molar-refractivity contribution < 1.29 is 4.92 Å². The van der Waals surface area contributed by atoms with E-state index in [-0.39, 0.29) is 11.3 Å². The van der Waals surface area contributed by atoms with Crippen molar-refractivity contribution in [3.63, 3.8) is 0 Å². The summed E-state index contributed by atoms with van der Waals surface area (Å²) in [6.07, 6.45) is 0. The van der Waals surface area contributed by atoms with E-state index in [2.05, 4.69) is 23.6 Å². The lowest BCUT2D eigenvalue weighted by Crippen LogP contribution is -2.47. The number of hydrogen-bond acceptors (Lipinski definition) is 5. The van der Waals surface area contributed by atoms with Crippen LogP contribution in [-0.2, 0) is 0 Å².